The van der Waals surface area contributed by atoms with Gasteiger partial charge in [-0.25, -0.2) is 18.4 Å². The maximum Gasteiger partial charge on any atom is 0.244 e. The van der Waals surface area contributed by atoms with Crippen molar-refractivity contribution in [3.8, 4) is 6.07 Å². The maximum absolute atomic E-state index is 13.1. The molecular formula is C21H24N6O2S2. The Hall–Kier alpha value is -2.58. The summed E-state index contributed by atoms with van der Waals surface area (Å²) in [5.74, 6) is 1.14. The Labute approximate surface area is 186 Å². The van der Waals surface area contributed by atoms with Gasteiger partial charge in [-0.15, -0.1) is 11.3 Å². The molecule has 0 spiro atoms. The van der Waals surface area contributed by atoms with Gasteiger partial charge in [0.15, 0.2) is 0 Å². The molecule has 1 atom stereocenters. The van der Waals surface area contributed by atoms with Gasteiger partial charge in [0.25, 0.3) is 0 Å². The second-order valence-corrected chi connectivity index (χ2v) is 10.8. The summed E-state index contributed by atoms with van der Waals surface area (Å²) >= 11 is 1.61. The molecule has 0 aliphatic carbocycles. The third-order valence-corrected chi connectivity index (χ3v) is 8.95. The van der Waals surface area contributed by atoms with Gasteiger partial charge in [0.1, 0.15) is 22.5 Å². The molecule has 1 aliphatic heterocycles. The van der Waals surface area contributed by atoms with Gasteiger partial charge < -0.3 is 5.73 Å². The molecule has 10 heteroatoms. The van der Waals surface area contributed by atoms with Crippen LogP contribution < -0.4 is 5.73 Å². The van der Waals surface area contributed by atoms with Crippen molar-refractivity contribution in [2.24, 2.45) is 0 Å². The van der Waals surface area contributed by atoms with Crippen molar-refractivity contribution >= 4 is 37.4 Å². The number of sulfonamides is 1. The smallest absolute Gasteiger partial charge is 0.244 e. The van der Waals surface area contributed by atoms with Crippen LogP contribution in [0.15, 0.2) is 29.2 Å². The number of nitrogen functional groups attached to an aromatic ring is 1. The number of benzene rings is 1. The number of nitrogens with zero attached hydrogens (tertiary/aromatic N) is 5. The maximum atomic E-state index is 13.1. The highest BCUT2D eigenvalue weighted by Crippen LogP contribution is 2.33. The fraction of sp³-hybridized carbons (Fsp3) is 0.381. The van der Waals surface area contributed by atoms with E-state index in [1.54, 1.807) is 23.5 Å². The number of rotatable bonds is 4. The van der Waals surface area contributed by atoms with E-state index in [9.17, 15) is 13.7 Å². The van der Waals surface area contributed by atoms with Gasteiger partial charge in [-0.3, -0.25) is 4.90 Å². The summed E-state index contributed by atoms with van der Waals surface area (Å²) in [6.07, 6.45) is 0. The first-order chi connectivity index (χ1) is 14.7. The molecule has 8 nitrogen and oxygen atoms in total. The molecule has 0 radical (unpaired) electrons. The average Bonchev–Trinajstić information content (AvgIpc) is 3.07. The summed E-state index contributed by atoms with van der Waals surface area (Å²) < 4.78 is 27.6. The summed E-state index contributed by atoms with van der Waals surface area (Å²) in [7, 11) is -3.72. The number of nitrogens with two attached hydrogens (primary N) is 1. The SMILES string of the molecule is Cc1sc2nc(C(C)N3CCN(S(=O)(=O)c4ccccc4C#N)CC3)nc(N)c2c1C. The zero-order chi connectivity index (χ0) is 22.3. The van der Waals surface area contributed by atoms with Crippen LogP contribution in [0.3, 0.4) is 0 Å². The van der Waals surface area contributed by atoms with Gasteiger partial charge in [0.05, 0.1) is 21.9 Å². The zero-order valence-electron chi connectivity index (χ0n) is 17.7. The number of thiophene rings is 1. The number of hydrogen-bond donors (Lipinski definition) is 1. The summed E-state index contributed by atoms with van der Waals surface area (Å²) in [5.41, 5.74) is 7.52. The van der Waals surface area contributed by atoms with Crippen LogP contribution in [0.2, 0.25) is 0 Å². The molecule has 31 heavy (non-hydrogen) atoms. The van der Waals surface area contributed by atoms with Gasteiger partial charge in [-0.2, -0.15) is 9.57 Å². The second kappa shape index (κ2) is 8.16. The Kier molecular flexibility index (Phi) is 5.70. The number of aromatic nitrogens is 2. The number of fused-ring (bicyclic) bond motifs is 1. The molecular weight excluding hydrogens is 432 g/mol. The predicted octanol–water partition coefficient (Wildman–Crippen LogP) is 2.83. The first kappa shape index (κ1) is 21.6. The zero-order valence-corrected chi connectivity index (χ0v) is 19.3. The predicted molar refractivity (Wildman–Crippen MR) is 121 cm³/mol. The summed E-state index contributed by atoms with van der Waals surface area (Å²) in [5, 5.41) is 10.2. The van der Waals surface area contributed by atoms with Crippen LogP contribution in [-0.2, 0) is 10.0 Å². The second-order valence-electron chi connectivity index (χ2n) is 7.65. The summed E-state index contributed by atoms with van der Waals surface area (Å²) in [4.78, 5) is 13.6. The average molecular weight is 457 g/mol. The van der Waals surface area contributed by atoms with Crippen molar-refractivity contribution in [1.82, 2.24) is 19.2 Å². The van der Waals surface area contributed by atoms with Crippen molar-refractivity contribution in [1.29, 1.82) is 5.26 Å². The molecule has 1 aliphatic rings. The first-order valence-corrected chi connectivity index (χ1v) is 12.3. The minimum atomic E-state index is -3.72. The first-order valence-electron chi connectivity index (χ1n) is 10.0. The minimum absolute atomic E-state index is 0.0593. The van der Waals surface area contributed by atoms with E-state index in [1.165, 1.54) is 21.3 Å². The lowest BCUT2D eigenvalue weighted by Gasteiger charge is -2.36. The van der Waals surface area contributed by atoms with Crippen LogP contribution in [0.5, 0.6) is 0 Å². The minimum Gasteiger partial charge on any atom is -0.383 e. The largest absolute Gasteiger partial charge is 0.383 e. The topological polar surface area (TPSA) is 116 Å². The molecule has 0 saturated carbocycles. The molecule has 2 N–H and O–H groups in total. The lowest BCUT2D eigenvalue weighted by Crippen LogP contribution is -2.49. The number of hydrogen-bond acceptors (Lipinski definition) is 8. The van der Waals surface area contributed by atoms with E-state index in [2.05, 4.69) is 9.88 Å². The van der Waals surface area contributed by atoms with Crippen LogP contribution in [0, 0.1) is 25.2 Å². The fourth-order valence-corrected chi connectivity index (χ4v) is 6.51. The normalized spacial score (nSPS) is 17.0. The molecule has 1 fully saturated rings. The van der Waals surface area contributed by atoms with Gasteiger partial charge >= 0.3 is 0 Å². The highest BCUT2D eigenvalue weighted by atomic mass is 32.2. The number of piperazine rings is 1. The van der Waals surface area contributed by atoms with Crippen LogP contribution in [-0.4, -0.2) is 53.8 Å². The van der Waals surface area contributed by atoms with Gasteiger partial charge in [-0.05, 0) is 38.5 Å². The number of anilines is 1. The third-order valence-electron chi connectivity index (χ3n) is 5.89. The molecule has 2 aromatic heterocycles. The van der Waals surface area contributed by atoms with Gasteiger partial charge in [0.2, 0.25) is 10.0 Å². The van der Waals surface area contributed by atoms with Crippen molar-refractivity contribution < 1.29 is 8.42 Å². The van der Waals surface area contributed by atoms with E-state index in [0.717, 1.165) is 15.8 Å². The molecule has 1 saturated heterocycles. The molecule has 162 valence electrons. The molecule has 4 rings (SSSR count). The summed E-state index contributed by atoms with van der Waals surface area (Å²) in [6, 6.07) is 8.19. The van der Waals surface area contributed by atoms with E-state index in [0.29, 0.717) is 37.8 Å². The molecule has 0 amide bonds. The quantitative estimate of drug-likeness (QED) is 0.641. The monoisotopic (exact) mass is 456 g/mol. The van der Waals surface area contributed by atoms with E-state index >= 15 is 0 Å². The Balaban J connectivity index is 1.52. The Morgan fingerprint density at radius 1 is 1.16 bits per heavy atom. The van der Waals surface area contributed by atoms with Gasteiger partial charge in [0, 0.05) is 31.1 Å². The fourth-order valence-electron chi connectivity index (χ4n) is 3.90. The van der Waals surface area contributed by atoms with Crippen molar-refractivity contribution in [3.63, 3.8) is 0 Å². The standard InChI is InChI=1S/C21H24N6O2S2/c1-13-15(3)30-21-18(13)19(23)24-20(25-21)14(2)26-8-10-27(11-9-26)31(28,29)17-7-5-4-6-16(17)12-22/h4-7,14H,8-11H2,1-3H3,(H2,23,24,25). The molecule has 1 unspecified atom stereocenters. The van der Waals surface area contributed by atoms with E-state index in [4.69, 9.17) is 10.7 Å². The lowest BCUT2D eigenvalue weighted by atomic mass is 10.2. The van der Waals surface area contributed by atoms with E-state index in [-0.39, 0.29) is 16.5 Å². The lowest BCUT2D eigenvalue weighted by molar-refractivity contribution is 0.141. The highest BCUT2D eigenvalue weighted by Gasteiger charge is 2.32. The van der Waals surface area contributed by atoms with E-state index in [1.807, 2.05) is 26.8 Å². The van der Waals surface area contributed by atoms with Crippen molar-refractivity contribution in [3.05, 3.63) is 46.1 Å². The van der Waals surface area contributed by atoms with Crippen LogP contribution in [0.4, 0.5) is 5.82 Å². The molecule has 0 bridgehead atoms. The van der Waals surface area contributed by atoms with Crippen LogP contribution in [0.25, 0.3) is 10.2 Å². The highest BCUT2D eigenvalue weighted by molar-refractivity contribution is 7.89. The summed E-state index contributed by atoms with van der Waals surface area (Å²) in [6.45, 7) is 7.85. The van der Waals surface area contributed by atoms with Crippen LogP contribution in [0.1, 0.15) is 34.8 Å². The van der Waals surface area contributed by atoms with Gasteiger partial charge in [-0.1, -0.05) is 12.1 Å². The molecule has 3 aromatic rings. The van der Waals surface area contributed by atoms with Crippen molar-refractivity contribution in [2.75, 3.05) is 31.9 Å². The van der Waals surface area contributed by atoms with Crippen LogP contribution >= 0.6 is 11.3 Å². The van der Waals surface area contributed by atoms with E-state index < -0.39 is 10.0 Å². The Bertz CT molecular complexity index is 1290. The van der Waals surface area contributed by atoms with Crippen molar-refractivity contribution in [2.45, 2.75) is 31.7 Å². The third kappa shape index (κ3) is 3.78. The Morgan fingerprint density at radius 2 is 1.84 bits per heavy atom. The molecule has 1 aromatic carbocycles. The number of nitriles is 1. The Morgan fingerprint density at radius 3 is 2.52 bits per heavy atom. The number of aryl methyl sites for hydroxylation is 2. The molecule has 3 heterocycles.